The third kappa shape index (κ3) is 3.57. The van der Waals surface area contributed by atoms with Crippen LogP contribution in [0, 0.1) is 0 Å². The van der Waals surface area contributed by atoms with Crippen molar-refractivity contribution in [3.05, 3.63) is 72.8 Å². The van der Waals surface area contributed by atoms with Gasteiger partial charge in [0.2, 0.25) is 0 Å². The topological polar surface area (TPSA) is 41.5 Å². The smallest absolute Gasteiger partial charge is 0.127 e. The number of rotatable bonds is 6. The van der Waals surface area contributed by atoms with Gasteiger partial charge < -0.3 is 15.2 Å². The third-order valence-corrected chi connectivity index (χ3v) is 3.50. The molecule has 0 amide bonds. The fourth-order valence-corrected chi connectivity index (χ4v) is 2.36. The number of benzene rings is 3. The Morgan fingerprint density at radius 3 is 2.45 bits per heavy atom. The number of fused-ring (bicyclic) bond motifs is 1. The maximum Gasteiger partial charge on any atom is 0.127 e. The molecular weight excluding hydrogens is 274 g/mol. The van der Waals surface area contributed by atoms with Crippen LogP contribution in [0.5, 0.6) is 5.75 Å². The normalized spacial score (nSPS) is 12.0. The Bertz CT molecular complexity index is 722. The van der Waals surface area contributed by atoms with E-state index in [0.717, 1.165) is 22.2 Å². The molecule has 3 nitrogen and oxygen atoms in total. The Hall–Kier alpha value is -2.52. The van der Waals surface area contributed by atoms with Crippen LogP contribution in [0.1, 0.15) is 0 Å². The Balaban J connectivity index is 1.57. The Labute approximate surface area is 130 Å². The molecule has 3 aromatic rings. The summed E-state index contributed by atoms with van der Waals surface area (Å²) in [6.45, 7) is 0.711. The predicted molar refractivity (Wildman–Crippen MR) is 90.4 cm³/mol. The quantitative estimate of drug-likeness (QED) is 0.728. The number of nitrogens with one attached hydrogen (secondary N) is 1. The second-order valence-corrected chi connectivity index (χ2v) is 5.19. The summed E-state index contributed by atoms with van der Waals surface area (Å²) in [5, 5.41) is 15.4. The van der Waals surface area contributed by atoms with Gasteiger partial charge in [-0.1, -0.05) is 54.6 Å². The van der Waals surface area contributed by atoms with E-state index < -0.39 is 6.10 Å². The van der Waals surface area contributed by atoms with Crippen molar-refractivity contribution in [1.82, 2.24) is 0 Å². The number of aliphatic hydroxyl groups is 1. The summed E-state index contributed by atoms with van der Waals surface area (Å²) in [5.41, 5.74) is 0.992. The number of ether oxygens (including phenoxy) is 1. The van der Waals surface area contributed by atoms with Gasteiger partial charge in [0.15, 0.2) is 0 Å². The molecule has 0 saturated heterocycles. The Morgan fingerprint density at radius 2 is 1.59 bits per heavy atom. The number of hydrogen-bond donors (Lipinski definition) is 2. The van der Waals surface area contributed by atoms with E-state index in [9.17, 15) is 5.11 Å². The standard InChI is InChI=1S/C19H19NO2/c21-17(13-20-16-9-2-1-3-10-16)14-22-19-12-6-8-15-7-4-5-11-18(15)19/h1-12,17,20-21H,13-14H2/t17-/m1/s1. The average Bonchev–Trinajstić information content (AvgIpc) is 2.59. The van der Waals surface area contributed by atoms with E-state index >= 15 is 0 Å². The second kappa shape index (κ2) is 6.96. The molecule has 2 N–H and O–H groups in total. The number of hydrogen-bond acceptors (Lipinski definition) is 3. The van der Waals surface area contributed by atoms with Gasteiger partial charge in [-0.15, -0.1) is 0 Å². The minimum Gasteiger partial charge on any atom is -0.490 e. The first-order valence-electron chi connectivity index (χ1n) is 7.40. The van der Waals surface area contributed by atoms with Crippen molar-refractivity contribution in [2.24, 2.45) is 0 Å². The molecule has 0 unspecified atom stereocenters. The van der Waals surface area contributed by atoms with Crippen molar-refractivity contribution in [2.45, 2.75) is 6.10 Å². The van der Waals surface area contributed by atoms with Crippen LogP contribution < -0.4 is 10.1 Å². The second-order valence-electron chi connectivity index (χ2n) is 5.19. The largest absolute Gasteiger partial charge is 0.490 e. The summed E-state index contributed by atoms with van der Waals surface area (Å²) in [6.07, 6.45) is -0.570. The molecule has 0 radical (unpaired) electrons. The molecule has 0 spiro atoms. The molecule has 3 heteroatoms. The zero-order valence-electron chi connectivity index (χ0n) is 12.3. The number of para-hydroxylation sites is 1. The fraction of sp³-hybridized carbons (Fsp3) is 0.158. The van der Waals surface area contributed by atoms with Crippen molar-refractivity contribution >= 4 is 16.5 Å². The highest BCUT2D eigenvalue weighted by Gasteiger charge is 2.07. The van der Waals surface area contributed by atoms with Crippen LogP contribution in [0.3, 0.4) is 0 Å². The van der Waals surface area contributed by atoms with E-state index in [4.69, 9.17) is 4.74 Å². The van der Waals surface area contributed by atoms with Gasteiger partial charge in [0.25, 0.3) is 0 Å². The summed E-state index contributed by atoms with van der Waals surface area (Å²) in [4.78, 5) is 0. The molecule has 3 aromatic carbocycles. The highest BCUT2D eigenvalue weighted by molar-refractivity contribution is 5.88. The lowest BCUT2D eigenvalue weighted by molar-refractivity contribution is 0.118. The lowest BCUT2D eigenvalue weighted by Gasteiger charge is -2.15. The van der Waals surface area contributed by atoms with Crippen LogP contribution in [0.25, 0.3) is 10.8 Å². The predicted octanol–water partition coefficient (Wildman–Crippen LogP) is 3.69. The fourth-order valence-electron chi connectivity index (χ4n) is 2.36. The zero-order valence-corrected chi connectivity index (χ0v) is 12.3. The van der Waals surface area contributed by atoms with E-state index in [1.807, 2.05) is 60.7 Å². The van der Waals surface area contributed by atoms with Gasteiger partial charge in [0.1, 0.15) is 18.5 Å². The zero-order chi connectivity index (χ0) is 15.2. The van der Waals surface area contributed by atoms with Crippen LogP contribution in [0.4, 0.5) is 5.69 Å². The minimum atomic E-state index is -0.570. The lowest BCUT2D eigenvalue weighted by Crippen LogP contribution is -2.26. The first-order chi connectivity index (χ1) is 10.8. The Kier molecular flexibility index (Phi) is 4.56. The van der Waals surface area contributed by atoms with Gasteiger partial charge in [-0.05, 0) is 23.6 Å². The van der Waals surface area contributed by atoms with E-state index in [2.05, 4.69) is 17.4 Å². The molecule has 22 heavy (non-hydrogen) atoms. The third-order valence-electron chi connectivity index (χ3n) is 3.50. The van der Waals surface area contributed by atoms with Crippen molar-refractivity contribution in [2.75, 3.05) is 18.5 Å². The van der Waals surface area contributed by atoms with E-state index in [0.29, 0.717) is 6.54 Å². The SMILES string of the molecule is O[C@H](CNc1ccccc1)COc1cccc2ccccc12. The molecule has 112 valence electrons. The molecule has 0 heterocycles. The number of aliphatic hydroxyl groups excluding tert-OH is 1. The molecular formula is C19H19NO2. The highest BCUT2D eigenvalue weighted by Crippen LogP contribution is 2.25. The molecule has 0 bridgehead atoms. The Morgan fingerprint density at radius 1 is 0.864 bits per heavy atom. The minimum absolute atomic E-state index is 0.258. The van der Waals surface area contributed by atoms with Gasteiger partial charge in [-0.3, -0.25) is 0 Å². The average molecular weight is 293 g/mol. The summed E-state index contributed by atoms with van der Waals surface area (Å²) in [7, 11) is 0. The van der Waals surface area contributed by atoms with E-state index in [1.54, 1.807) is 0 Å². The number of anilines is 1. The van der Waals surface area contributed by atoms with Crippen molar-refractivity contribution in [3.8, 4) is 5.75 Å². The van der Waals surface area contributed by atoms with Crippen LogP contribution in [-0.4, -0.2) is 24.4 Å². The summed E-state index contributed by atoms with van der Waals surface area (Å²) in [6, 6.07) is 23.8. The van der Waals surface area contributed by atoms with Crippen molar-refractivity contribution in [1.29, 1.82) is 0 Å². The molecule has 0 aliphatic carbocycles. The van der Waals surface area contributed by atoms with Gasteiger partial charge in [-0.2, -0.15) is 0 Å². The molecule has 1 atom stereocenters. The first-order valence-corrected chi connectivity index (χ1v) is 7.40. The van der Waals surface area contributed by atoms with Crippen LogP contribution in [-0.2, 0) is 0 Å². The molecule has 0 aliphatic rings. The molecule has 3 rings (SSSR count). The van der Waals surface area contributed by atoms with Crippen LogP contribution in [0.15, 0.2) is 72.8 Å². The van der Waals surface area contributed by atoms with Gasteiger partial charge in [0, 0.05) is 17.6 Å². The first kappa shape index (κ1) is 14.4. The van der Waals surface area contributed by atoms with Crippen molar-refractivity contribution in [3.63, 3.8) is 0 Å². The monoisotopic (exact) mass is 293 g/mol. The maximum absolute atomic E-state index is 10.1. The summed E-state index contributed by atoms with van der Waals surface area (Å²) in [5.74, 6) is 0.803. The van der Waals surface area contributed by atoms with Crippen molar-refractivity contribution < 1.29 is 9.84 Å². The summed E-state index contributed by atoms with van der Waals surface area (Å²) >= 11 is 0. The summed E-state index contributed by atoms with van der Waals surface area (Å²) < 4.78 is 5.78. The van der Waals surface area contributed by atoms with E-state index in [-0.39, 0.29) is 6.61 Å². The molecule has 0 aromatic heterocycles. The van der Waals surface area contributed by atoms with Gasteiger partial charge in [-0.25, -0.2) is 0 Å². The molecule has 0 aliphatic heterocycles. The van der Waals surface area contributed by atoms with Gasteiger partial charge in [0.05, 0.1) is 0 Å². The maximum atomic E-state index is 10.1. The lowest BCUT2D eigenvalue weighted by atomic mass is 10.1. The molecule has 0 saturated carbocycles. The van der Waals surface area contributed by atoms with Crippen LogP contribution >= 0.6 is 0 Å². The molecule has 0 fully saturated rings. The van der Waals surface area contributed by atoms with Gasteiger partial charge >= 0.3 is 0 Å². The highest BCUT2D eigenvalue weighted by atomic mass is 16.5. The van der Waals surface area contributed by atoms with E-state index in [1.165, 1.54) is 0 Å². The van der Waals surface area contributed by atoms with Crippen LogP contribution in [0.2, 0.25) is 0 Å².